The van der Waals surface area contributed by atoms with E-state index >= 15 is 0 Å². The lowest BCUT2D eigenvalue weighted by Crippen LogP contribution is -2.16. The first kappa shape index (κ1) is 13.7. The third-order valence-corrected chi connectivity index (χ3v) is 3.68. The van der Waals surface area contributed by atoms with Crippen molar-refractivity contribution in [2.45, 2.75) is 6.42 Å². The van der Waals surface area contributed by atoms with Crippen LogP contribution in [0.2, 0.25) is 5.15 Å². The predicted octanol–water partition coefficient (Wildman–Crippen LogP) is 2.50. The summed E-state index contributed by atoms with van der Waals surface area (Å²) in [5.74, 6) is -0.0321. The normalized spacial score (nSPS) is 10.7. The number of halogens is 1. The zero-order valence-corrected chi connectivity index (χ0v) is 12.3. The van der Waals surface area contributed by atoms with E-state index in [1.807, 2.05) is 12.1 Å². The second-order valence-corrected chi connectivity index (χ2v) is 5.50. The Morgan fingerprint density at radius 2 is 1.95 bits per heavy atom. The van der Waals surface area contributed by atoms with Crippen LogP contribution in [0.3, 0.4) is 0 Å². The molecule has 0 saturated carbocycles. The molecule has 0 radical (unpaired) electrons. The summed E-state index contributed by atoms with van der Waals surface area (Å²) in [7, 11) is 0. The molecule has 2 heterocycles. The topological polar surface area (TPSA) is 93.8 Å². The number of amides is 1. The van der Waals surface area contributed by atoms with Crippen molar-refractivity contribution < 1.29 is 4.79 Å². The van der Waals surface area contributed by atoms with Gasteiger partial charge >= 0.3 is 0 Å². The lowest BCUT2D eigenvalue weighted by Gasteiger charge is -2.06. The molecule has 0 unspecified atom stereocenters. The minimum absolute atomic E-state index is 0.110. The average Bonchev–Trinajstić information content (AvgIpc) is 2.85. The van der Waals surface area contributed by atoms with Gasteiger partial charge in [0.1, 0.15) is 0 Å². The fourth-order valence-corrected chi connectivity index (χ4v) is 2.55. The smallest absolute Gasteiger partial charge is 0.231 e. The van der Waals surface area contributed by atoms with Gasteiger partial charge in [0.25, 0.3) is 0 Å². The molecule has 3 N–H and O–H groups in total. The average molecular weight is 320 g/mol. The van der Waals surface area contributed by atoms with Gasteiger partial charge in [-0.25, -0.2) is 15.0 Å². The van der Waals surface area contributed by atoms with Crippen molar-refractivity contribution >= 4 is 50.8 Å². The molecule has 1 amide bonds. The molecule has 1 aromatic carbocycles. The Morgan fingerprint density at radius 3 is 2.62 bits per heavy atom. The van der Waals surface area contributed by atoms with Crippen LogP contribution in [0.15, 0.2) is 29.6 Å². The van der Waals surface area contributed by atoms with Crippen molar-refractivity contribution in [3.63, 3.8) is 0 Å². The first-order valence-corrected chi connectivity index (χ1v) is 7.29. The van der Waals surface area contributed by atoms with Crippen LogP contribution in [0.25, 0.3) is 11.0 Å². The van der Waals surface area contributed by atoms with Gasteiger partial charge in [0.05, 0.1) is 23.1 Å². The van der Waals surface area contributed by atoms with Crippen molar-refractivity contribution in [1.82, 2.24) is 15.0 Å². The maximum Gasteiger partial charge on any atom is 0.231 e. The number of nitrogen functional groups attached to an aromatic ring is 1. The summed E-state index contributed by atoms with van der Waals surface area (Å²) in [6.07, 6.45) is 0.110. The standard InChI is InChI=1S/C13H10ClN5OS/c14-11-12(18-9-4-2-1-3-8(9)17-11)19-10(20)5-7-6-21-13(15)16-7/h1-4,6H,5H2,(H2,15,16)(H,18,19,20). The van der Waals surface area contributed by atoms with E-state index < -0.39 is 0 Å². The van der Waals surface area contributed by atoms with Crippen molar-refractivity contribution in [3.8, 4) is 0 Å². The lowest BCUT2D eigenvalue weighted by molar-refractivity contribution is -0.115. The first-order valence-electron chi connectivity index (χ1n) is 6.04. The quantitative estimate of drug-likeness (QED) is 0.773. The number of nitrogens with one attached hydrogen (secondary N) is 1. The van der Waals surface area contributed by atoms with Gasteiger partial charge in [-0.05, 0) is 12.1 Å². The van der Waals surface area contributed by atoms with Crippen LogP contribution in [0.5, 0.6) is 0 Å². The third kappa shape index (κ3) is 3.09. The number of hydrogen-bond acceptors (Lipinski definition) is 6. The summed E-state index contributed by atoms with van der Waals surface area (Å²) < 4.78 is 0. The highest BCUT2D eigenvalue weighted by Gasteiger charge is 2.12. The fraction of sp³-hybridized carbons (Fsp3) is 0.0769. The predicted molar refractivity (Wildman–Crippen MR) is 83.4 cm³/mol. The van der Waals surface area contributed by atoms with Crippen molar-refractivity contribution in [2.24, 2.45) is 0 Å². The summed E-state index contributed by atoms with van der Waals surface area (Å²) in [5, 5.41) is 4.96. The van der Waals surface area contributed by atoms with Crippen LogP contribution in [-0.4, -0.2) is 20.9 Å². The number of aromatic nitrogens is 3. The number of para-hydroxylation sites is 2. The highest BCUT2D eigenvalue weighted by Crippen LogP contribution is 2.21. The molecule has 0 saturated heterocycles. The van der Waals surface area contributed by atoms with Gasteiger partial charge in [-0.1, -0.05) is 23.7 Å². The molecule has 6 nitrogen and oxygen atoms in total. The van der Waals surface area contributed by atoms with Crippen LogP contribution >= 0.6 is 22.9 Å². The maximum atomic E-state index is 12.0. The Kier molecular flexibility index (Phi) is 3.68. The van der Waals surface area contributed by atoms with E-state index in [1.165, 1.54) is 11.3 Å². The van der Waals surface area contributed by atoms with Gasteiger partial charge in [0, 0.05) is 5.38 Å². The van der Waals surface area contributed by atoms with E-state index in [4.69, 9.17) is 17.3 Å². The minimum Gasteiger partial charge on any atom is -0.375 e. The molecule has 2 aromatic heterocycles. The van der Waals surface area contributed by atoms with Gasteiger partial charge in [-0.2, -0.15) is 0 Å². The molecular weight excluding hydrogens is 310 g/mol. The molecular formula is C13H10ClN5OS. The van der Waals surface area contributed by atoms with E-state index in [1.54, 1.807) is 17.5 Å². The zero-order chi connectivity index (χ0) is 14.8. The maximum absolute atomic E-state index is 12.0. The monoisotopic (exact) mass is 319 g/mol. The first-order chi connectivity index (χ1) is 10.1. The summed E-state index contributed by atoms with van der Waals surface area (Å²) in [6, 6.07) is 7.29. The molecule has 0 bridgehead atoms. The summed E-state index contributed by atoms with van der Waals surface area (Å²) >= 11 is 7.32. The summed E-state index contributed by atoms with van der Waals surface area (Å²) in [6.45, 7) is 0. The van der Waals surface area contributed by atoms with E-state index in [2.05, 4.69) is 20.3 Å². The minimum atomic E-state index is -0.271. The fourth-order valence-electron chi connectivity index (χ4n) is 1.80. The number of rotatable bonds is 3. The number of fused-ring (bicyclic) bond motifs is 1. The van der Waals surface area contributed by atoms with Gasteiger partial charge < -0.3 is 11.1 Å². The Bertz CT molecular complexity index is 819. The number of thiazole rings is 1. The Balaban J connectivity index is 1.80. The van der Waals surface area contributed by atoms with Crippen LogP contribution in [0.4, 0.5) is 10.9 Å². The zero-order valence-electron chi connectivity index (χ0n) is 10.7. The Morgan fingerprint density at radius 1 is 1.24 bits per heavy atom. The van der Waals surface area contributed by atoms with Gasteiger partial charge in [0.15, 0.2) is 16.1 Å². The largest absolute Gasteiger partial charge is 0.375 e. The highest BCUT2D eigenvalue weighted by molar-refractivity contribution is 7.13. The molecule has 0 aliphatic rings. The number of anilines is 2. The van der Waals surface area contributed by atoms with Crippen LogP contribution < -0.4 is 11.1 Å². The molecule has 0 aliphatic heterocycles. The molecule has 21 heavy (non-hydrogen) atoms. The molecule has 0 fully saturated rings. The van der Waals surface area contributed by atoms with E-state index in [0.717, 1.165) is 0 Å². The molecule has 8 heteroatoms. The lowest BCUT2D eigenvalue weighted by atomic mass is 10.3. The van der Waals surface area contributed by atoms with E-state index in [0.29, 0.717) is 21.9 Å². The van der Waals surface area contributed by atoms with Crippen LogP contribution in [0, 0.1) is 0 Å². The number of nitrogens with zero attached hydrogens (tertiary/aromatic N) is 3. The van der Waals surface area contributed by atoms with Crippen LogP contribution in [-0.2, 0) is 11.2 Å². The Labute approximate surface area is 129 Å². The third-order valence-electron chi connectivity index (χ3n) is 2.70. The number of benzene rings is 1. The number of hydrogen-bond donors (Lipinski definition) is 2. The number of carbonyl (C=O) groups is 1. The van der Waals surface area contributed by atoms with E-state index in [-0.39, 0.29) is 23.3 Å². The van der Waals surface area contributed by atoms with Crippen molar-refractivity contribution in [3.05, 3.63) is 40.5 Å². The van der Waals surface area contributed by atoms with Crippen molar-refractivity contribution in [1.29, 1.82) is 0 Å². The van der Waals surface area contributed by atoms with Crippen molar-refractivity contribution in [2.75, 3.05) is 11.1 Å². The molecule has 106 valence electrons. The van der Waals surface area contributed by atoms with Gasteiger partial charge in [-0.15, -0.1) is 11.3 Å². The second-order valence-electron chi connectivity index (χ2n) is 4.25. The SMILES string of the molecule is Nc1nc(CC(=O)Nc2nc3ccccc3nc2Cl)cs1. The van der Waals surface area contributed by atoms with E-state index in [9.17, 15) is 4.79 Å². The molecule has 0 spiro atoms. The summed E-state index contributed by atoms with van der Waals surface area (Å²) in [4.78, 5) is 24.5. The molecule has 0 atom stereocenters. The number of nitrogens with two attached hydrogens (primary N) is 1. The molecule has 0 aliphatic carbocycles. The highest BCUT2D eigenvalue weighted by atomic mass is 35.5. The Hall–Kier alpha value is -2.25. The van der Waals surface area contributed by atoms with Gasteiger partial charge in [-0.3, -0.25) is 4.79 Å². The van der Waals surface area contributed by atoms with Gasteiger partial charge in [0.2, 0.25) is 5.91 Å². The summed E-state index contributed by atoms with van der Waals surface area (Å²) in [5.41, 5.74) is 7.47. The molecule has 3 aromatic rings. The molecule has 3 rings (SSSR count). The second kappa shape index (κ2) is 5.63. The van der Waals surface area contributed by atoms with Crippen LogP contribution in [0.1, 0.15) is 5.69 Å². The number of carbonyl (C=O) groups excluding carboxylic acids is 1.